The molecule has 92 valence electrons. The molecule has 1 aromatic carbocycles. The Morgan fingerprint density at radius 2 is 2.18 bits per heavy atom. The molecule has 1 heterocycles. The Hall–Kier alpha value is -1.55. The van der Waals surface area contributed by atoms with Crippen LogP contribution in [-0.4, -0.2) is 24.8 Å². The highest BCUT2D eigenvalue weighted by Crippen LogP contribution is 2.29. The minimum Gasteiger partial charge on any atom is -0.440 e. The molecule has 0 radical (unpaired) electrons. The predicted octanol–water partition coefficient (Wildman–Crippen LogP) is 1.98. The summed E-state index contributed by atoms with van der Waals surface area (Å²) in [6.45, 7) is 6.72. The normalized spacial score (nSPS) is 24.0. The van der Waals surface area contributed by atoms with Gasteiger partial charge in [0.2, 0.25) is 0 Å². The van der Waals surface area contributed by atoms with Crippen molar-refractivity contribution < 1.29 is 9.53 Å². The van der Waals surface area contributed by atoms with Gasteiger partial charge in [-0.05, 0) is 32.4 Å². The van der Waals surface area contributed by atoms with E-state index < -0.39 is 5.60 Å². The van der Waals surface area contributed by atoms with Gasteiger partial charge in [-0.2, -0.15) is 0 Å². The van der Waals surface area contributed by atoms with E-state index in [0.29, 0.717) is 13.1 Å². The number of hydrogen-bond acceptors (Lipinski definition) is 3. The van der Waals surface area contributed by atoms with Crippen LogP contribution in [0.4, 0.5) is 10.5 Å². The van der Waals surface area contributed by atoms with Crippen molar-refractivity contribution in [1.29, 1.82) is 0 Å². The highest BCUT2D eigenvalue weighted by Gasteiger charge is 2.41. The van der Waals surface area contributed by atoms with Crippen LogP contribution in [0.3, 0.4) is 0 Å². The van der Waals surface area contributed by atoms with E-state index in [9.17, 15) is 4.79 Å². The van der Waals surface area contributed by atoms with Crippen molar-refractivity contribution >= 4 is 11.8 Å². The number of anilines is 1. The van der Waals surface area contributed by atoms with E-state index in [4.69, 9.17) is 10.5 Å². The first-order valence-corrected chi connectivity index (χ1v) is 5.73. The lowest BCUT2D eigenvalue weighted by Crippen LogP contribution is -2.38. The van der Waals surface area contributed by atoms with Crippen LogP contribution in [-0.2, 0) is 4.74 Å². The number of nitrogens with two attached hydrogens (primary N) is 1. The van der Waals surface area contributed by atoms with E-state index in [2.05, 4.69) is 6.07 Å². The summed E-state index contributed by atoms with van der Waals surface area (Å²) >= 11 is 0. The molecule has 1 fully saturated rings. The fraction of sp³-hybridized carbons (Fsp3) is 0.462. The number of amides is 1. The van der Waals surface area contributed by atoms with Gasteiger partial charge in [0.05, 0.1) is 12.2 Å². The Morgan fingerprint density at radius 3 is 2.71 bits per heavy atom. The molecule has 0 bridgehead atoms. The molecule has 17 heavy (non-hydrogen) atoms. The number of aryl methyl sites for hydroxylation is 2. The quantitative estimate of drug-likeness (QED) is 0.851. The van der Waals surface area contributed by atoms with Crippen LogP contribution < -0.4 is 10.6 Å². The maximum atomic E-state index is 11.8. The van der Waals surface area contributed by atoms with Gasteiger partial charge in [-0.3, -0.25) is 4.90 Å². The standard InChI is InChI=1S/C13H18N2O2/c1-9-4-5-11(10(2)6-9)15-8-13(3,7-14)17-12(15)16/h4-6H,7-8,14H2,1-3H3. The second kappa shape index (κ2) is 4.04. The molecule has 2 rings (SSSR count). The molecule has 0 saturated carbocycles. The molecular weight excluding hydrogens is 216 g/mol. The minimum atomic E-state index is -0.575. The molecule has 4 heteroatoms. The molecule has 0 aromatic heterocycles. The zero-order chi connectivity index (χ0) is 12.6. The lowest BCUT2D eigenvalue weighted by molar-refractivity contribution is 0.0789. The summed E-state index contributed by atoms with van der Waals surface area (Å²) in [6.07, 6.45) is -0.315. The number of hydrogen-bond donors (Lipinski definition) is 1. The highest BCUT2D eigenvalue weighted by atomic mass is 16.6. The summed E-state index contributed by atoms with van der Waals surface area (Å²) in [5.74, 6) is 0. The van der Waals surface area contributed by atoms with Crippen LogP contribution in [0.15, 0.2) is 18.2 Å². The molecule has 0 aliphatic carbocycles. The Balaban J connectivity index is 2.32. The maximum Gasteiger partial charge on any atom is 0.415 e. The van der Waals surface area contributed by atoms with Crippen LogP contribution in [0.2, 0.25) is 0 Å². The molecule has 1 aromatic rings. The van der Waals surface area contributed by atoms with Crippen molar-refractivity contribution in [3.63, 3.8) is 0 Å². The predicted molar refractivity (Wildman–Crippen MR) is 67.2 cm³/mol. The van der Waals surface area contributed by atoms with Crippen molar-refractivity contribution in [2.75, 3.05) is 18.0 Å². The number of carbonyl (C=O) groups excluding carboxylic acids is 1. The first-order chi connectivity index (χ1) is 7.95. The first-order valence-electron chi connectivity index (χ1n) is 5.73. The summed E-state index contributed by atoms with van der Waals surface area (Å²) in [6, 6.07) is 6.00. The molecule has 1 atom stereocenters. The van der Waals surface area contributed by atoms with E-state index >= 15 is 0 Å². The summed E-state index contributed by atoms with van der Waals surface area (Å²) in [5.41, 5.74) is 8.21. The Labute approximate surface area is 101 Å². The molecule has 1 aliphatic heterocycles. The fourth-order valence-electron chi connectivity index (χ4n) is 2.10. The van der Waals surface area contributed by atoms with E-state index in [0.717, 1.165) is 11.3 Å². The molecular formula is C13H18N2O2. The number of benzene rings is 1. The SMILES string of the molecule is Cc1ccc(N2CC(C)(CN)OC2=O)c(C)c1. The third-order valence-electron chi connectivity index (χ3n) is 3.12. The Bertz CT molecular complexity index is 459. The van der Waals surface area contributed by atoms with E-state index in [-0.39, 0.29) is 6.09 Å². The van der Waals surface area contributed by atoms with Crippen molar-refractivity contribution in [2.45, 2.75) is 26.4 Å². The lowest BCUT2D eigenvalue weighted by Gasteiger charge is -2.20. The zero-order valence-electron chi connectivity index (χ0n) is 10.5. The average molecular weight is 234 g/mol. The van der Waals surface area contributed by atoms with Gasteiger partial charge in [-0.25, -0.2) is 4.79 Å². The fourth-order valence-corrected chi connectivity index (χ4v) is 2.10. The molecule has 0 spiro atoms. The van der Waals surface area contributed by atoms with Gasteiger partial charge in [0.15, 0.2) is 0 Å². The van der Waals surface area contributed by atoms with Crippen molar-refractivity contribution in [1.82, 2.24) is 0 Å². The van der Waals surface area contributed by atoms with Crippen LogP contribution in [0.5, 0.6) is 0 Å². The van der Waals surface area contributed by atoms with Gasteiger partial charge >= 0.3 is 6.09 Å². The summed E-state index contributed by atoms with van der Waals surface area (Å²) < 4.78 is 5.31. The van der Waals surface area contributed by atoms with Crippen molar-refractivity contribution in [3.8, 4) is 0 Å². The maximum absolute atomic E-state index is 11.8. The molecule has 1 aliphatic rings. The number of nitrogens with zero attached hydrogens (tertiary/aromatic N) is 1. The minimum absolute atomic E-state index is 0.315. The Morgan fingerprint density at radius 1 is 1.47 bits per heavy atom. The summed E-state index contributed by atoms with van der Waals surface area (Å²) in [5, 5.41) is 0. The Kier molecular flexibility index (Phi) is 2.83. The van der Waals surface area contributed by atoms with Gasteiger partial charge < -0.3 is 10.5 Å². The molecule has 1 saturated heterocycles. The van der Waals surface area contributed by atoms with Gasteiger partial charge in [0.25, 0.3) is 0 Å². The van der Waals surface area contributed by atoms with Crippen molar-refractivity contribution in [2.24, 2.45) is 5.73 Å². The van der Waals surface area contributed by atoms with Crippen molar-refractivity contribution in [3.05, 3.63) is 29.3 Å². The van der Waals surface area contributed by atoms with Gasteiger partial charge in [-0.15, -0.1) is 0 Å². The topological polar surface area (TPSA) is 55.6 Å². The number of carbonyl (C=O) groups is 1. The molecule has 4 nitrogen and oxygen atoms in total. The van der Waals surface area contributed by atoms with Crippen LogP contribution in [0.25, 0.3) is 0 Å². The second-order valence-electron chi connectivity index (χ2n) is 4.90. The third kappa shape index (κ3) is 2.13. The largest absolute Gasteiger partial charge is 0.440 e. The van der Waals surface area contributed by atoms with Gasteiger partial charge in [0, 0.05) is 6.54 Å². The molecule has 1 amide bonds. The van der Waals surface area contributed by atoms with Crippen LogP contribution >= 0.6 is 0 Å². The van der Waals surface area contributed by atoms with Gasteiger partial charge in [-0.1, -0.05) is 17.7 Å². The van der Waals surface area contributed by atoms with Crippen LogP contribution in [0, 0.1) is 13.8 Å². The van der Waals surface area contributed by atoms with Gasteiger partial charge in [0.1, 0.15) is 5.60 Å². The first kappa shape index (κ1) is 11.9. The smallest absolute Gasteiger partial charge is 0.415 e. The van der Waals surface area contributed by atoms with Crippen LogP contribution in [0.1, 0.15) is 18.1 Å². The molecule has 2 N–H and O–H groups in total. The third-order valence-corrected chi connectivity index (χ3v) is 3.12. The number of ether oxygens (including phenoxy) is 1. The average Bonchev–Trinajstić information content (AvgIpc) is 2.55. The van der Waals surface area contributed by atoms with E-state index in [1.807, 2.05) is 32.9 Å². The summed E-state index contributed by atoms with van der Waals surface area (Å²) in [4.78, 5) is 13.5. The lowest BCUT2D eigenvalue weighted by atomic mass is 10.1. The second-order valence-corrected chi connectivity index (χ2v) is 4.90. The van der Waals surface area contributed by atoms with E-state index in [1.165, 1.54) is 5.56 Å². The highest BCUT2D eigenvalue weighted by molar-refractivity contribution is 5.91. The number of cyclic esters (lactones) is 1. The molecule has 1 unspecified atom stereocenters. The monoisotopic (exact) mass is 234 g/mol. The number of rotatable bonds is 2. The summed E-state index contributed by atoms with van der Waals surface area (Å²) in [7, 11) is 0. The zero-order valence-corrected chi connectivity index (χ0v) is 10.5. The van der Waals surface area contributed by atoms with E-state index in [1.54, 1.807) is 4.90 Å².